The van der Waals surface area contributed by atoms with E-state index in [-0.39, 0.29) is 12.5 Å². The Morgan fingerprint density at radius 2 is 1.43 bits per heavy atom. The van der Waals surface area contributed by atoms with E-state index >= 15 is 0 Å². The van der Waals surface area contributed by atoms with Crippen LogP contribution in [0.15, 0.2) is 12.2 Å². The Balaban J connectivity index is 3.25. The van der Waals surface area contributed by atoms with Gasteiger partial charge >= 0.3 is 5.97 Å². The highest BCUT2D eigenvalue weighted by Gasteiger charge is 2.01. The molecule has 0 aromatic heterocycles. The molecule has 0 aliphatic rings. The van der Waals surface area contributed by atoms with Crippen LogP contribution in [0.25, 0.3) is 0 Å². The van der Waals surface area contributed by atoms with Crippen LogP contribution in [0.3, 0.4) is 0 Å². The molecule has 0 spiro atoms. The van der Waals surface area contributed by atoms with Crippen LogP contribution in [0, 0.1) is 0 Å². The molecule has 0 aromatic rings. The van der Waals surface area contributed by atoms with E-state index in [9.17, 15) is 9.90 Å². The highest BCUT2D eigenvalue weighted by atomic mass is 16.4. The molecule has 0 bridgehead atoms. The molecule has 0 amide bonds. The fraction of sp³-hybridized carbons (Fsp3) is 0.850. The molecule has 0 heterocycles. The van der Waals surface area contributed by atoms with Crippen molar-refractivity contribution in [3.63, 3.8) is 0 Å². The SMILES string of the molecule is CCCCCCCCCCCCC(O)C/C=C/CCCC(=O)O. The van der Waals surface area contributed by atoms with Crippen molar-refractivity contribution in [2.24, 2.45) is 0 Å². The quantitative estimate of drug-likeness (QED) is 0.260. The van der Waals surface area contributed by atoms with E-state index in [2.05, 4.69) is 6.92 Å². The Morgan fingerprint density at radius 1 is 0.870 bits per heavy atom. The van der Waals surface area contributed by atoms with Crippen molar-refractivity contribution < 1.29 is 15.0 Å². The van der Waals surface area contributed by atoms with Crippen LogP contribution in [-0.2, 0) is 4.79 Å². The second-order valence-corrected chi connectivity index (χ2v) is 6.62. The normalized spacial score (nSPS) is 12.8. The Hall–Kier alpha value is -0.830. The Labute approximate surface area is 143 Å². The van der Waals surface area contributed by atoms with E-state index in [4.69, 9.17) is 5.11 Å². The predicted molar refractivity (Wildman–Crippen MR) is 97.7 cm³/mol. The lowest BCUT2D eigenvalue weighted by molar-refractivity contribution is -0.137. The Bertz CT molecular complexity index is 287. The van der Waals surface area contributed by atoms with Gasteiger partial charge in [-0.25, -0.2) is 0 Å². The summed E-state index contributed by atoms with van der Waals surface area (Å²) in [7, 11) is 0. The van der Waals surface area contributed by atoms with Gasteiger partial charge in [-0.3, -0.25) is 4.79 Å². The first-order chi connectivity index (χ1) is 11.2. The van der Waals surface area contributed by atoms with Crippen LogP contribution in [0.1, 0.15) is 103 Å². The summed E-state index contributed by atoms with van der Waals surface area (Å²) >= 11 is 0. The van der Waals surface area contributed by atoms with Gasteiger partial charge in [-0.05, 0) is 25.7 Å². The molecule has 0 aromatic carbocycles. The molecule has 0 aliphatic carbocycles. The van der Waals surface area contributed by atoms with Gasteiger partial charge in [0.15, 0.2) is 0 Å². The maximum Gasteiger partial charge on any atom is 0.303 e. The largest absolute Gasteiger partial charge is 0.481 e. The third kappa shape index (κ3) is 19.1. The van der Waals surface area contributed by atoms with Gasteiger partial charge in [0.05, 0.1) is 6.10 Å². The number of hydrogen-bond donors (Lipinski definition) is 2. The maximum absolute atomic E-state index is 10.3. The van der Waals surface area contributed by atoms with E-state index in [1.807, 2.05) is 12.2 Å². The molecule has 3 heteroatoms. The zero-order chi connectivity index (χ0) is 17.2. The van der Waals surface area contributed by atoms with E-state index in [1.54, 1.807) is 0 Å². The zero-order valence-electron chi connectivity index (χ0n) is 15.1. The summed E-state index contributed by atoms with van der Waals surface area (Å²) in [6.45, 7) is 2.25. The summed E-state index contributed by atoms with van der Waals surface area (Å²) in [6, 6.07) is 0. The van der Waals surface area contributed by atoms with Gasteiger partial charge in [0, 0.05) is 6.42 Å². The minimum absolute atomic E-state index is 0.228. The average Bonchev–Trinajstić information content (AvgIpc) is 2.52. The molecule has 1 unspecified atom stereocenters. The van der Waals surface area contributed by atoms with Crippen LogP contribution < -0.4 is 0 Å². The maximum atomic E-state index is 10.3. The topological polar surface area (TPSA) is 57.5 Å². The summed E-state index contributed by atoms with van der Waals surface area (Å²) in [4.78, 5) is 10.3. The van der Waals surface area contributed by atoms with Crippen molar-refractivity contribution in [3.8, 4) is 0 Å². The van der Waals surface area contributed by atoms with Crippen molar-refractivity contribution in [3.05, 3.63) is 12.2 Å². The summed E-state index contributed by atoms with van der Waals surface area (Å²) in [5.74, 6) is -0.737. The van der Waals surface area contributed by atoms with E-state index in [0.29, 0.717) is 12.8 Å². The number of allylic oxidation sites excluding steroid dienone is 1. The van der Waals surface area contributed by atoms with Gasteiger partial charge in [-0.2, -0.15) is 0 Å². The predicted octanol–water partition coefficient (Wildman–Crippen LogP) is 5.86. The highest BCUT2D eigenvalue weighted by Crippen LogP contribution is 2.13. The number of aliphatic hydroxyl groups excluding tert-OH is 1. The summed E-state index contributed by atoms with van der Waals surface area (Å²) in [5.41, 5.74) is 0. The molecule has 0 saturated heterocycles. The molecule has 3 nitrogen and oxygen atoms in total. The van der Waals surface area contributed by atoms with Gasteiger partial charge in [-0.1, -0.05) is 83.3 Å². The number of aliphatic carboxylic acids is 1. The highest BCUT2D eigenvalue weighted by molar-refractivity contribution is 5.66. The molecule has 0 saturated carbocycles. The molecule has 0 rings (SSSR count). The minimum atomic E-state index is -0.737. The number of carboxylic acid groups (broad SMARTS) is 1. The molecular weight excluding hydrogens is 288 g/mol. The minimum Gasteiger partial charge on any atom is -0.481 e. The van der Waals surface area contributed by atoms with Crippen LogP contribution in [0.5, 0.6) is 0 Å². The van der Waals surface area contributed by atoms with Gasteiger partial charge in [-0.15, -0.1) is 0 Å². The van der Waals surface area contributed by atoms with Gasteiger partial charge in [0.2, 0.25) is 0 Å². The molecule has 23 heavy (non-hydrogen) atoms. The first-order valence-corrected chi connectivity index (χ1v) is 9.71. The van der Waals surface area contributed by atoms with Crippen LogP contribution in [0.2, 0.25) is 0 Å². The second kappa shape index (κ2) is 17.5. The Kier molecular flexibility index (Phi) is 16.9. The lowest BCUT2D eigenvalue weighted by atomic mass is 10.0. The molecule has 1 atom stereocenters. The fourth-order valence-electron chi connectivity index (χ4n) is 2.73. The lowest BCUT2D eigenvalue weighted by Crippen LogP contribution is -2.04. The summed E-state index contributed by atoms with van der Waals surface area (Å²) in [5, 5.41) is 18.4. The molecule has 0 fully saturated rings. The standard InChI is InChI=1S/C20H38O3/c1-2-3-4-5-6-7-8-9-10-13-16-19(21)17-14-11-12-15-18-20(22)23/h11,14,19,21H,2-10,12-13,15-18H2,1H3,(H,22,23)/b14-11+. The Morgan fingerprint density at radius 3 is 2.00 bits per heavy atom. The van der Waals surface area contributed by atoms with Crippen LogP contribution in [-0.4, -0.2) is 22.3 Å². The third-order valence-electron chi connectivity index (χ3n) is 4.23. The van der Waals surface area contributed by atoms with Gasteiger partial charge < -0.3 is 10.2 Å². The average molecular weight is 327 g/mol. The van der Waals surface area contributed by atoms with E-state index < -0.39 is 5.97 Å². The van der Waals surface area contributed by atoms with Crippen LogP contribution in [0.4, 0.5) is 0 Å². The monoisotopic (exact) mass is 326 g/mol. The number of unbranched alkanes of at least 4 members (excludes halogenated alkanes) is 10. The zero-order valence-corrected chi connectivity index (χ0v) is 15.1. The van der Waals surface area contributed by atoms with Crippen molar-refractivity contribution in [2.45, 2.75) is 109 Å². The first kappa shape index (κ1) is 22.2. The van der Waals surface area contributed by atoms with Crippen molar-refractivity contribution >= 4 is 5.97 Å². The van der Waals surface area contributed by atoms with Crippen molar-refractivity contribution in [1.29, 1.82) is 0 Å². The number of aliphatic hydroxyl groups is 1. The van der Waals surface area contributed by atoms with Crippen LogP contribution >= 0.6 is 0 Å². The molecule has 136 valence electrons. The lowest BCUT2D eigenvalue weighted by Gasteiger charge is -2.07. The summed E-state index contributed by atoms with van der Waals surface area (Å²) < 4.78 is 0. The first-order valence-electron chi connectivity index (χ1n) is 9.71. The number of carbonyl (C=O) groups is 1. The third-order valence-corrected chi connectivity index (χ3v) is 4.23. The van der Waals surface area contributed by atoms with E-state index in [0.717, 1.165) is 19.3 Å². The van der Waals surface area contributed by atoms with Crippen molar-refractivity contribution in [1.82, 2.24) is 0 Å². The number of carboxylic acids is 1. The van der Waals surface area contributed by atoms with Gasteiger partial charge in [0.1, 0.15) is 0 Å². The number of rotatable bonds is 17. The summed E-state index contributed by atoms with van der Waals surface area (Å²) in [6.07, 6.45) is 20.2. The molecular formula is C20H38O3. The fourth-order valence-corrected chi connectivity index (χ4v) is 2.73. The molecule has 0 aliphatic heterocycles. The van der Waals surface area contributed by atoms with E-state index in [1.165, 1.54) is 57.8 Å². The smallest absolute Gasteiger partial charge is 0.303 e. The molecule has 0 radical (unpaired) electrons. The number of hydrogen-bond acceptors (Lipinski definition) is 2. The second-order valence-electron chi connectivity index (χ2n) is 6.62. The van der Waals surface area contributed by atoms with Crippen molar-refractivity contribution in [2.75, 3.05) is 0 Å². The van der Waals surface area contributed by atoms with Gasteiger partial charge in [0.25, 0.3) is 0 Å². The molecule has 2 N–H and O–H groups in total.